The minimum absolute atomic E-state index is 0.0978. The second-order valence-electron chi connectivity index (χ2n) is 5.78. The average Bonchev–Trinajstić information content (AvgIpc) is 2.62. The quantitative estimate of drug-likeness (QED) is 0.673. The number of phenolic OH excluding ortho intramolecular Hbond substituents is 1. The molecule has 126 valence electrons. The van der Waals surface area contributed by atoms with Gasteiger partial charge in [-0.1, -0.05) is 48.5 Å². The maximum atomic E-state index is 12.6. The molecule has 0 fully saturated rings. The Hall–Kier alpha value is -3.34. The molecule has 0 aliphatic heterocycles. The zero-order valence-corrected chi connectivity index (χ0v) is 13.6. The summed E-state index contributed by atoms with van der Waals surface area (Å²) in [4.78, 5) is 23.9. The molecule has 0 heterocycles. The van der Waals surface area contributed by atoms with E-state index in [9.17, 15) is 19.8 Å². The summed E-state index contributed by atoms with van der Waals surface area (Å²) >= 11 is 0. The molecular weight excluding hydrogens is 318 g/mol. The first-order chi connectivity index (χ1) is 12.0. The van der Waals surface area contributed by atoms with Crippen LogP contribution in [0, 0.1) is 0 Å². The van der Waals surface area contributed by atoms with E-state index < -0.39 is 17.8 Å². The van der Waals surface area contributed by atoms with Gasteiger partial charge in [-0.25, -0.2) is 0 Å². The number of phenols is 1. The third kappa shape index (κ3) is 3.17. The van der Waals surface area contributed by atoms with Crippen LogP contribution >= 0.6 is 0 Å². The minimum Gasteiger partial charge on any atom is -0.506 e. The number of nitrogens with one attached hydrogen (secondary N) is 1. The highest BCUT2D eigenvalue weighted by atomic mass is 16.4. The van der Waals surface area contributed by atoms with Crippen LogP contribution in [0.25, 0.3) is 10.8 Å². The molecule has 0 radical (unpaired) electrons. The fourth-order valence-electron chi connectivity index (χ4n) is 2.75. The summed E-state index contributed by atoms with van der Waals surface area (Å²) in [6, 6.07) is 17.3. The third-order valence-electron chi connectivity index (χ3n) is 4.19. The van der Waals surface area contributed by atoms with Crippen LogP contribution in [0.15, 0.2) is 60.7 Å². The molecule has 0 saturated carbocycles. The Morgan fingerprint density at radius 1 is 0.960 bits per heavy atom. The van der Waals surface area contributed by atoms with Crippen LogP contribution in [-0.2, 0) is 4.79 Å². The van der Waals surface area contributed by atoms with E-state index >= 15 is 0 Å². The number of anilines is 1. The van der Waals surface area contributed by atoms with E-state index in [1.54, 1.807) is 55.5 Å². The van der Waals surface area contributed by atoms with E-state index in [1.165, 1.54) is 0 Å². The largest absolute Gasteiger partial charge is 0.506 e. The Bertz CT molecular complexity index is 965. The number of aromatic hydroxyl groups is 1. The Balaban J connectivity index is 1.96. The number of benzene rings is 3. The van der Waals surface area contributed by atoms with Gasteiger partial charge in [-0.2, -0.15) is 0 Å². The molecular formula is C20H17NO4. The topological polar surface area (TPSA) is 86.6 Å². The van der Waals surface area contributed by atoms with E-state index in [4.69, 9.17) is 0 Å². The molecule has 1 amide bonds. The second-order valence-corrected chi connectivity index (χ2v) is 5.78. The van der Waals surface area contributed by atoms with Crippen LogP contribution < -0.4 is 5.32 Å². The molecule has 25 heavy (non-hydrogen) atoms. The lowest BCUT2D eigenvalue weighted by molar-refractivity contribution is -0.138. The number of carbonyl (C=O) groups excluding carboxylic acids is 1. The SMILES string of the molecule is CC(C(=O)O)c1ccccc1NC(=O)c1ccc2ccccc2c1O. The monoisotopic (exact) mass is 335 g/mol. The summed E-state index contributed by atoms with van der Waals surface area (Å²) in [6.07, 6.45) is 0. The predicted molar refractivity (Wildman–Crippen MR) is 96.1 cm³/mol. The second kappa shape index (κ2) is 6.65. The molecule has 0 aliphatic rings. The van der Waals surface area contributed by atoms with E-state index in [0.29, 0.717) is 16.6 Å². The van der Waals surface area contributed by atoms with Gasteiger partial charge < -0.3 is 15.5 Å². The normalized spacial score (nSPS) is 11.9. The standard InChI is InChI=1S/C20H17NO4/c1-12(20(24)25)14-7-4-5-9-17(14)21-19(23)16-11-10-13-6-2-3-8-15(13)18(16)22/h2-12,22H,1H3,(H,21,23)(H,24,25). The zero-order chi connectivity index (χ0) is 18.0. The molecule has 0 aliphatic carbocycles. The molecule has 1 unspecified atom stereocenters. The summed E-state index contributed by atoms with van der Waals surface area (Å²) in [5.74, 6) is -2.33. The summed E-state index contributed by atoms with van der Waals surface area (Å²) in [5, 5.41) is 23.8. The molecule has 0 spiro atoms. The van der Waals surface area contributed by atoms with Gasteiger partial charge in [-0.15, -0.1) is 0 Å². The van der Waals surface area contributed by atoms with Crippen LogP contribution in [0.2, 0.25) is 0 Å². The van der Waals surface area contributed by atoms with E-state index in [1.807, 2.05) is 12.1 Å². The summed E-state index contributed by atoms with van der Waals surface area (Å²) in [5.41, 5.74) is 1.05. The van der Waals surface area contributed by atoms with Gasteiger partial charge in [0.05, 0.1) is 11.5 Å². The van der Waals surface area contributed by atoms with Gasteiger partial charge in [0.2, 0.25) is 0 Å². The van der Waals surface area contributed by atoms with Crippen LogP contribution in [0.1, 0.15) is 28.8 Å². The number of carboxylic acid groups (broad SMARTS) is 1. The molecule has 3 rings (SSSR count). The number of carbonyl (C=O) groups is 2. The molecule has 1 atom stereocenters. The van der Waals surface area contributed by atoms with Crippen molar-refractivity contribution in [1.82, 2.24) is 0 Å². The van der Waals surface area contributed by atoms with Crippen molar-refractivity contribution in [2.45, 2.75) is 12.8 Å². The number of fused-ring (bicyclic) bond motifs is 1. The van der Waals surface area contributed by atoms with Crippen molar-refractivity contribution in [2.24, 2.45) is 0 Å². The third-order valence-corrected chi connectivity index (χ3v) is 4.19. The number of aliphatic carboxylic acids is 1. The number of rotatable bonds is 4. The number of hydrogen-bond acceptors (Lipinski definition) is 3. The Morgan fingerprint density at radius 2 is 1.64 bits per heavy atom. The highest BCUT2D eigenvalue weighted by molar-refractivity contribution is 6.10. The Kier molecular flexibility index (Phi) is 4.39. The van der Waals surface area contributed by atoms with Crippen molar-refractivity contribution in [3.8, 4) is 5.75 Å². The van der Waals surface area contributed by atoms with Crippen molar-refractivity contribution in [3.05, 3.63) is 71.8 Å². The van der Waals surface area contributed by atoms with Crippen molar-refractivity contribution < 1.29 is 19.8 Å². The first kappa shape index (κ1) is 16.5. The Morgan fingerprint density at radius 3 is 2.40 bits per heavy atom. The van der Waals surface area contributed by atoms with Crippen LogP contribution in [0.3, 0.4) is 0 Å². The van der Waals surface area contributed by atoms with Crippen LogP contribution in [0.5, 0.6) is 5.75 Å². The molecule has 5 heteroatoms. The molecule has 3 aromatic carbocycles. The highest BCUT2D eigenvalue weighted by Gasteiger charge is 2.20. The summed E-state index contributed by atoms with van der Waals surface area (Å²) in [6.45, 7) is 1.56. The number of carboxylic acids is 1. The number of hydrogen-bond donors (Lipinski definition) is 3. The zero-order valence-electron chi connectivity index (χ0n) is 13.6. The lowest BCUT2D eigenvalue weighted by atomic mass is 9.99. The highest BCUT2D eigenvalue weighted by Crippen LogP contribution is 2.30. The maximum Gasteiger partial charge on any atom is 0.310 e. The van der Waals surface area contributed by atoms with Gasteiger partial charge in [-0.05, 0) is 30.0 Å². The molecule has 3 N–H and O–H groups in total. The van der Waals surface area contributed by atoms with Crippen LogP contribution in [-0.4, -0.2) is 22.1 Å². The van der Waals surface area contributed by atoms with Crippen LogP contribution in [0.4, 0.5) is 5.69 Å². The lowest BCUT2D eigenvalue weighted by Gasteiger charge is -2.15. The molecule has 0 bridgehead atoms. The maximum absolute atomic E-state index is 12.6. The summed E-state index contributed by atoms with van der Waals surface area (Å²) < 4.78 is 0. The van der Waals surface area contributed by atoms with E-state index in [0.717, 1.165) is 5.39 Å². The lowest BCUT2D eigenvalue weighted by Crippen LogP contribution is -2.16. The van der Waals surface area contributed by atoms with E-state index in [2.05, 4.69) is 5.32 Å². The van der Waals surface area contributed by atoms with Gasteiger partial charge in [0.25, 0.3) is 5.91 Å². The predicted octanol–water partition coefficient (Wildman–Crippen LogP) is 3.99. The van der Waals surface area contributed by atoms with Crippen molar-refractivity contribution in [1.29, 1.82) is 0 Å². The molecule has 3 aromatic rings. The molecule has 0 aromatic heterocycles. The fraction of sp³-hybridized carbons (Fsp3) is 0.100. The van der Waals surface area contributed by atoms with Gasteiger partial charge >= 0.3 is 5.97 Å². The molecule has 0 saturated heterocycles. The molecule has 5 nitrogen and oxygen atoms in total. The van der Waals surface area contributed by atoms with Gasteiger partial charge in [0.15, 0.2) is 0 Å². The van der Waals surface area contributed by atoms with E-state index in [-0.39, 0.29) is 11.3 Å². The fourth-order valence-corrected chi connectivity index (χ4v) is 2.75. The van der Waals surface area contributed by atoms with Crippen molar-refractivity contribution >= 4 is 28.3 Å². The average molecular weight is 335 g/mol. The van der Waals surface area contributed by atoms with Crippen molar-refractivity contribution in [3.63, 3.8) is 0 Å². The first-order valence-electron chi connectivity index (χ1n) is 7.83. The Labute approximate surface area is 144 Å². The first-order valence-corrected chi connectivity index (χ1v) is 7.83. The minimum atomic E-state index is -0.977. The smallest absolute Gasteiger partial charge is 0.310 e. The van der Waals surface area contributed by atoms with Gasteiger partial charge in [0.1, 0.15) is 5.75 Å². The van der Waals surface area contributed by atoms with Gasteiger partial charge in [0, 0.05) is 11.1 Å². The van der Waals surface area contributed by atoms with Crippen molar-refractivity contribution in [2.75, 3.05) is 5.32 Å². The summed E-state index contributed by atoms with van der Waals surface area (Å²) in [7, 11) is 0. The number of para-hydroxylation sites is 1. The number of amides is 1. The van der Waals surface area contributed by atoms with Gasteiger partial charge in [-0.3, -0.25) is 9.59 Å².